The summed E-state index contributed by atoms with van der Waals surface area (Å²) in [6, 6.07) is 5.87. The zero-order chi connectivity index (χ0) is 12.4. The molecule has 0 spiro atoms. The van der Waals surface area contributed by atoms with Crippen LogP contribution >= 0.6 is 0 Å². The van der Waals surface area contributed by atoms with E-state index in [1.165, 1.54) is 11.1 Å². The molecular weight excluding hydrogens is 214 g/mol. The number of aryl methyl sites for hydroxylation is 1. The Morgan fingerprint density at radius 1 is 1.47 bits per heavy atom. The van der Waals surface area contributed by atoms with Crippen molar-refractivity contribution in [1.29, 1.82) is 0 Å². The van der Waals surface area contributed by atoms with E-state index in [0.717, 1.165) is 24.9 Å². The number of carbonyl (C=O) groups excluding carboxylic acids is 1. The highest BCUT2D eigenvalue weighted by atomic mass is 16.3. The molecule has 1 unspecified atom stereocenters. The number of hydrogen-bond donors (Lipinski definition) is 1. The number of aliphatic hydroxyl groups excluding tert-OH is 1. The molecule has 2 rings (SSSR count). The first kappa shape index (κ1) is 12.1. The first-order valence-electron chi connectivity index (χ1n) is 6.15. The summed E-state index contributed by atoms with van der Waals surface area (Å²) in [5.41, 5.74) is 3.17. The van der Waals surface area contributed by atoms with Gasteiger partial charge in [-0.1, -0.05) is 12.1 Å². The Morgan fingerprint density at radius 3 is 2.94 bits per heavy atom. The lowest BCUT2D eigenvalue weighted by Crippen LogP contribution is -2.36. The third-order valence-electron chi connectivity index (χ3n) is 3.27. The number of hydrogen-bond acceptors (Lipinski definition) is 2. The molecule has 0 aliphatic carbocycles. The monoisotopic (exact) mass is 233 g/mol. The van der Waals surface area contributed by atoms with E-state index in [4.69, 9.17) is 0 Å². The number of β-amino-alcohol motifs (C(OH)–C–C–N with tert-alkyl or cyclic N) is 1. The quantitative estimate of drug-likeness (QED) is 0.845. The Bertz CT molecular complexity index is 426. The third kappa shape index (κ3) is 2.50. The van der Waals surface area contributed by atoms with Crippen molar-refractivity contribution in [2.75, 3.05) is 13.1 Å². The molecule has 0 aromatic heterocycles. The number of amides is 1. The van der Waals surface area contributed by atoms with Gasteiger partial charge < -0.3 is 10.0 Å². The minimum Gasteiger partial charge on any atom is -0.392 e. The Kier molecular flexibility index (Phi) is 3.48. The van der Waals surface area contributed by atoms with Gasteiger partial charge in [0, 0.05) is 18.7 Å². The molecule has 1 amide bonds. The highest BCUT2D eigenvalue weighted by molar-refractivity contribution is 5.96. The molecule has 1 aromatic rings. The fourth-order valence-corrected chi connectivity index (χ4v) is 2.45. The lowest BCUT2D eigenvalue weighted by atomic mass is 9.98. The summed E-state index contributed by atoms with van der Waals surface area (Å²) in [5, 5.41) is 9.42. The summed E-state index contributed by atoms with van der Waals surface area (Å²) >= 11 is 0. The normalized spacial score (nSPS) is 17.6. The molecule has 17 heavy (non-hydrogen) atoms. The van der Waals surface area contributed by atoms with Gasteiger partial charge in [0.1, 0.15) is 0 Å². The first-order valence-corrected chi connectivity index (χ1v) is 6.15. The first-order chi connectivity index (χ1) is 8.09. The van der Waals surface area contributed by atoms with Crippen molar-refractivity contribution < 1.29 is 9.90 Å². The maximum atomic E-state index is 12.3. The number of nitrogens with zero attached hydrogens (tertiary/aromatic N) is 1. The van der Waals surface area contributed by atoms with Crippen molar-refractivity contribution in [3.63, 3.8) is 0 Å². The second-order valence-electron chi connectivity index (χ2n) is 4.80. The molecule has 3 heteroatoms. The van der Waals surface area contributed by atoms with Crippen LogP contribution in [0.15, 0.2) is 18.2 Å². The summed E-state index contributed by atoms with van der Waals surface area (Å²) in [4.78, 5) is 14.1. The molecule has 1 atom stereocenters. The van der Waals surface area contributed by atoms with E-state index in [2.05, 4.69) is 13.0 Å². The van der Waals surface area contributed by atoms with E-state index in [1.54, 1.807) is 11.8 Å². The van der Waals surface area contributed by atoms with Crippen LogP contribution in [0.25, 0.3) is 0 Å². The van der Waals surface area contributed by atoms with Crippen LogP contribution in [0, 0.1) is 6.92 Å². The standard InChI is InChI=1S/C14H19NO2/c1-10-5-3-6-13-12(10)7-4-8-15(14(13)17)9-11(2)16/h3,5-6,11,16H,4,7-9H2,1-2H3. The van der Waals surface area contributed by atoms with Crippen LogP contribution < -0.4 is 0 Å². The molecule has 92 valence electrons. The topological polar surface area (TPSA) is 40.5 Å². The van der Waals surface area contributed by atoms with Crippen LogP contribution in [0.2, 0.25) is 0 Å². The SMILES string of the molecule is Cc1cccc2c1CCCN(CC(C)O)C2=O. The molecule has 0 radical (unpaired) electrons. The van der Waals surface area contributed by atoms with Gasteiger partial charge in [0.25, 0.3) is 5.91 Å². The molecule has 0 fully saturated rings. The van der Waals surface area contributed by atoms with E-state index in [1.807, 2.05) is 12.1 Å². The maximum absolute atomic E-state index is 12.3. The Labute approximate surface area is 102 Å². The molecule has 0 saturated heterocycles. The highest BCUT2D eigenvalue weighted by Crippen LogP contribution is 2.21. The van der Waals surface area contributed by atoms with E-state index < -0.39 is 6.10 Å². The number of aliphatic hydroxyl groups is 1. The van der Waals surface area contributed by atoms with Crippen LogP contribution in [0.3, 0.4) is 0 Å². The molecular formula is C14H19NO2. The molecule has 1 aliphatic heterocycles. The average Bonchev–Trinajstić information content (AvgIpc) is 2.41. The zero-order valence-corrected chi connectivity index (χ0v) is 10.4. The predicted molar refractivity (Wildman–Crippen MR) is 67.1 cm³/mol. The van der Waals surface area contributed by atoms with Gasteiger partial charge in [0.2, 0.25) is 0 Å². The second kappa shape index (κ2) is 4.88. The van der Waals surface area contributed by atoms with Crippen molar-refractivity contribution in [2.45, 2.75) is 32.8 Å². The minimum atomic E-state index is -0.467. The van der Waals surface area contributed by atoms with Crippen LogP contribution in [0.5, 0.6) is 0 Å². The molecule has 1 N–H and O–H groups in total. The van der Waals surface area contributed by atoms with E-state index in [0.29, 0.717) is 6.54 Å². The minimum absolute atomic E-state index is 0.0575. The average molecular weight is 233 g/mol. The largest absolute Gasteiger partial charge is 0.392 e. The number of benzene rings is 1. The molecule has 0 bridgehead atoms. The van der Waals surface area contributed by atoms with Crippen LogP contribution in [-0.2, 0) is 6.42 Å². The van der Waals surface area contributed by atoms with Gasteiger partial charge in [0.05, 0.1) is 6.10 Å². The van der Waals surface area contributed by atoms with Gasteiger partial charge >= 0.3 is 0 Å². The second-order valence-corrected chi connectivity index (χ2v) is 4.80. The van der Waals surface area contributed by atoms with Crippen molar-refractivity contribution in [3.8, 4) is 0 Å². The Balaban J connectivity index is 2.33. The number of rotatable bonds is 2. The van der Waals surface area contributed by atoms with Gasteiger partial charge in [-0.15, -0.1) is 0 Å². The summed E-state index contributed by atoms with van der Waals surface area (Å²) < 4.78 is 0. The van der Waals surface area contributed by atoms with Gasteiger partial charge in [-0.25, -0.2) is 0 Å². The van der Waals surface area contributed by atoms with Crippen LogP contribution in [0.1, 0.15) is 34.8 Å². The number of fused-ring (bicyclic) bond motifs is 1. The van der Waals surface area contributed by atoms with Gasteiger partial charge in [0.15, 0.2) is 0 Å². The van der Waals surface area contributed by atoms with E-state index in [-0.39, 0.29) is 5.91 Å². The maximum Gasteiger partial charge on any atom is 0.254 e. The smallest absolute Gasteiger partial charge is 0.254 e. The van der Waals surface area contributed by atoms with Crippen molar-refractivity contribution in [1.82, 2.24) is 4.90 Å². The Hall–Kier alpha value is -1.35. The van der Waals surface area contributed by atoms with Crippen molar-refractivity contribution >= 4 is 5.91 Å². The summed E-state index contributed by atoms with van der Waals surface area (Å²) in [6.07, 6.45) is 1.45. The third-order valence-corrected chi connectivity index (χ3v) is 3.27. The van der Waals surface area contributed by atoms with Gasteiger partial charge in [-0.3, -0.25) is 4.79 Å². The fraction of sp³-hybridized carbons (Fsp3) is 0.500. The van der Waals surface area contributed by atoms with Crippen LogP contribution in [0.4, 0.5) is 0 Å². The lowest BCUT2D eigenvalue weighted by Gasteiger charge is -2.22. The van der Waals surface area contributed by atoms with Crippen molar-refractivity contribution in [2.24, 2.45) is 0 Å². The summed E-state index contributed by atoms with van der Waals surface area (Å²) in [5.74, 6) is 0.0575. The van der Waals surface area contributed by atoms with Gasteiger partial charge in [-0.05, 0) is 43.9 Å². The summed E-state index contributed by atoms with van der Waals surface area (Å²) in [6.45, 7) is 4.93. The summed E-state index contributed by atoms with van der Waals surface area (Å²) in [7, 11) is 0. The fourth-order valence-electron chi connectivity index (χ4n) is 2.45. The van der Waals surface area contributed by atoms with Gasteiger partial charge in [-0.2, -0.15) is 0 Å². The number of carbonyl (C=O) groups is 1. The lowest BCUT2D eigenvalue weighted by molar-refractivity contribution is 0.0654. The highest BCUT2D eigenvalue weighted by Gasteiger charge is 2.23. The predicted octanol–water partition coefficient (Wildman–Crippen LogP) is 1.76. The molecule has 3 nitrogen and oxygen atoms in total. The zero-order valence-electron chi connectivity index (χ0n) is 10.4. The molecule has 1 aliphatic rings. The molecule has 0 saturated carbocycles. The Morgan fingerprint density at radius 2 is 2.24 bits per heavy atom. The van der Waals surface area contributed by atoms with Crippen molar-refractivity contribution in [3.05, 3.63) is 34.9 Å². The molecule has 1 heterocycles. The molecule has 1 aromatic carbocycles. The van der Waals surface area contributed by atoms with Crippen LogP contribution in [-0.4, -0.2) is 35.1 Å². The van der Waals surface area contributed by atoms with E-state index in [9.17, 15) is 9.90 Å². The van der Waals surface area contributed by atoms with E-state index >= 15 is 0 Å².